The molecule has 1 aromatic carbocycles. The predicted octanol–water partition coefficient (Wildman–Crippen LogP) is 2.83. The third-order valence-corrected chi connectivity index (χ3v) is 3.78. The topological polar surface area (TPSA) is 23.8 Å². The summed E-state index contributed by atoms with van der Waals surface area (Å²) in [5.74, 6) is 0. The number of hydrogen-bond donors (Lipinski definition) is 0. The van der Waals surface area contributed by atoms with Crippen molar-refractivity contribution in [1.29, 1.82) is 5.26 Å². The van der Waals surface area contributed by atoms with E-state index in [1.807, 2.05) is 6.07 Å². The molecule has 1 nitrogen and oxygen atoms in total. The number of hydrogen-bond acceptors (Lipinski definition) is 1. The Hall–Kier alpha value is -1.29. The van der Waals surface area contributed by atoms with Crippen LogP contribution in [0, 0.1) is 16.7 Å². The minimum absolute atomic E-state index is 0.682. The molecule has 0 atom stereocenters. The standard InChI is InChI=1S/C13H13N/c14-9-10-1-2-12-8-13(5-6-13)4-3-11(12)7-10/h1-2,7H,3-6,8H2. The van der Waals surface area contributed by atoms with Crippen LogP contribution < -0.4 is 0 Å². The fraction of sp³-hybridized carbons (Fsp3) is 0.462. The first-order chi connectivity index (χ1) is 6.81. The molecule has 0 heterocycles. The molecule has 0 N–H and O–H groups in total. The van der Waals surface area contributed by atoms with Crippen molar-refractivity contribution < 1.29 is 0 Å². The quantitative estimate of drug-likeness (QED) is 0.606. The zero-order valence-corrected chi connectivity index (χ0v) is 8.21. The lowest BCUT2D eigenvalue weighted by Gasteiger charge is -2.24. The average Bonchev–Trinajstić information content (AvgIpc) is 2.97. The zero-order chi connectivity index (χ0) is 9.60. The highest BCUT2D eigenvalue weighted by molar-refractivity contribution is 5.40. The van der Waals surface area contributed by atoms with Gasteiger partial charge in [-0.3, -0.25) is 0 Å². The maximum Gasteiger partial charge on any atom is 0.0991 e. The lowest BCUT2D eigenvalue weighted by Crippen LogP contribution is -2.14. The van der Waals surface area contributed by atoms with Crippen LogP contribution in [0.5, 0.6) is 0 Å². The normalized spacial score (nSPS) is 21.4. The van der Waals surface area contributed by atoms with Gasteiger partial charge in [0.15, 0.2) is 0 Å². The highest BCUT2D eigenvalue weighted by Gasteiger charge is 2.44. The van der Waals surface area contributed by atoms with E-state index in [1.54, 1.807) is 0 Å². The minimum Gasteiger partial charge on any atom is -0.192 e. The Morgan fingerprint density at radius 3 is 2.71 bits per heavy atom. The largest absolute Gasteiger partial charge is 0.192 e. The number of rotatable bonds is 0. The second-order valence-electron chi connectivity index (χ2n) is 4.77. The van der Waals surface area contributed by atoms with Gasteiger partial charge in [0.1, 0.15) is 0 Å². The summed E-state index contributed by atoms with van der Waals surface area (Å²) in [5, 5.41) is 8.80. The number of fused-ring (bicyclic) bond motifs is 1. The van der Waals surface area contributed by atoms with Crippen LogP contribution in [0.3, 0.4) is 0 Å². The Kier molecular flexibility index (Phi) is 1.50. The van der Waals surface area contributed by atoms with Crippen LogP contribution in [0.2, 0.25) is 0 Å². The molecule has 2 aliphatic rings. The molecular formula is C13H13N. The van der Waals surface area contributed by atoms with Crippen LogP contribution in [0.1, 0.15) is 36.0 Å². The second kappa shape index (κ2) is 2.60. The Balaban J connectivity index is 2.00. The van der Waals surface area contributed by atoms with Crippen molar-refractivity contribution in [2.24, 2.45) is 5.41 Å². The van der Waals surface area contributed by atoms with Crippen molar-refractivity contribution in [2.75, 3.05) is 0 Å². The average molecular weight is 183 g/mol. The summed E-state index contributed by atoms with van der Waals surface area (Å²) >= 11 is 0. The molecular weight excluding hydrogens is 170 g/mol. The van der Waals surface area contributed by atoms with Gasteiger partial charge in [-0.25, -0.2) is 0 Å². The second-order valence-corrected chi connectivity index (χ2v) is 4.77. The molecule has 1 aromatic rings. The van der Waals surface area contributed by atoms with Crippen molar-refractivity contribution in [2.45, 2.75) is 32.1 Å². The van der Waals surface area contributed by atoms with Crippen molar-refractivity contribution in [3.63, 3.8) is 0 Å². The van der Waals surface area contributed by atoms with Crippen LogP contribution in [0.25, 0.3) is 0 Å². The molecule has 0 radical (unpaired) electrons. The van der Waals surface area contributed by atoms with Gasteiger partial charge in [0.2, 0.25) is 0 Å². The number of nitrogens with zero attached hydrogens (tertiary/aromatic N) is 1. The summed E-state index contributed by atoms with van der Waals surface area (Å²) in [6.07, 6.45) is 6.63. The molecule has 0 unspecified atom stereocenters. The first-order valence-electron chi connectivity index (χ1n) is 5.33. The monoisotopic (exact) mass is 183 g/mol. The fourth-order valence-electron chi connectivity index (χ4n) is 2.60. The van der Waals surface area contributed by atoms with Crippen LogP contribution >= 0.6 is 0 Å². The van der Waals surface area contributed by atoms with E-state index in [-0.39, 0.29) is 0 Å². The van der Waals surface area contributed by atoms with Crippen molar-refractivity contribution in [3.05, 3.63) is 34.9 Å². The van der Waals surface area contributed by atoms with Crippen LogP contribution in [-0.4, -0.2) is 0 Å². The van der Waals surface area contributed by atoms with E-state index in [1.165, 1.54) is 43.2 Å². The molecule has 0 saturated heterocycles. The van der Waals surface area contributed by atoms with Crippen molar-refractivity contribution >= 4 is 0 Å². The van der Waals surface area contributed by atoms with Gasteiger partial charge in [-0.05, 0) is 60.8 Å². The predicted molar refractivity (Wildman–Crippen MR) is 54.8 cm³/mol. The van der Waals surface area contributed by atoms with E-state index in [2.05, 4.69) is 18.2 Å². The summed E-state index contributed by atoms with van der Waals surface area (Å²) in [6.45, 7) is 0. The molecule has 0 amide bonds. The lowest BCUT2D eigenvalue weighted by molar-refractivity contribution is 0.438. The van der Waals surface area contributed by atoms with Gasteiger partial charge in [-0.2, -0.15) is 5.26 Å². The van der Waals surface area contributed by atoms with Crippen LogP contribution in [0.15, 0.2) is 18.2 Å². The fourth-order valence-corrected chi connectivity index (χ4v) is 2.60. The van der Waals surface area contributed by atoms with Gasteiger partial charge in [-0.1, -0.05) is 6.07 Å². The molecule has 0 aromatic heterocycles. The van der Waals surface area contributed by atoms with Gasteiger partial charge in [0.05, 0.1) is 11.6 Å². The minimum atomic E-state index is 0.682. The zero-order valence-electron chi connectivity index (χ0n) is 8.21. The summed E-state index contributed by atoms with van der Waals surface area (Å²) in [5.41, 5.74) is 4.41. The third-order valence-electron chi connectivity index (χ3n) is 3.78. The Morgan fingerprint density at radius 1 is 1.14 bits per heavy atom. The van der Waals surface area contributed by atoms with Gasteiger partial charge < -0.3 is 0 Å². The first-order valence-corrected chi connectivity index (χ1v) is 5.33. The van der Waals surface area contributed by atoms with E-state index in [9.17, 15) is 0 Å². The first kappa shape index (κ1) is 8.05. The number of benzene rings is 1. The van der Waals surface area contributed by atoms with Crippen molar-refractivity contribution in [1.82, 2.24) is 0 Å². The molecule has 70 valence electrons. The van der Waals surface area contributed by atoms with Gasteiger partial charge in [0.25, 0.3) is 0 Å². The molecule has 1 spiro atoms. The van der Waals surface area contributed by atoms with Gasteiger partial charge >= 0.3 is 0 Å². The molecule has 1 fully saturated rings. The van der Waals surface area contributed by atoms with Crippen molar-refractivity contribution in [3.8, 4) is 6.07 Å². The van der Waals surface area contributed by atoms with Crippen LogP contribution in [0.4, 0.5) is 0 Å². The molecule has 0 bridgehead atoms. The smallest absolute Gasteiger partial charge is 0.0991 e. The Morgan fingerprint density at radius 2 is 2.00 bits per heavy atom. The Labute approximate surface area is 84.4 Å². The maximum atomic E-state index is 8.80. The highest BCUT2D eigenvalue weighted by atomic mass is 14.5. The van der Waals surface area contributed by atoms with E-state index >= 15 is 0 Å². The maximum absolute atomic E-state index is 8.80. The molecule has 14 heavy (non-hydrogen) atoms. The van der Waals surface area contributed by atoms with E-state index in [4.69, 9.17) is 5.26 Å². The Bertz CT molecular complexity index is 421. The van der Waals surface area contributed by atoms with Gasteiger partial charge in [0, 0.05) is 0 Å². The summed E-state index contributed by atoms with van der Waals surface area (Å²) < 4.78 is 0. The number of aryl methyl sites for hydroxylation is 1. The molecule has 3 rings (SSSR count). The molecule has 1 heteroatoms. The summed E-state index contributed by atoms with van der Waals surface area (Å²) in [7, 11) is 0. The van der Waals surface area contributed by atoms with Crippen LogP contribution in [-0.2, 0) is 12.8 Å². The summed E-state index contributed by atoms with van der Waals surface area (Å²) in [6, 6.07) is 8.41. The highest BCUT2D eigenvalue weighted by Crippen LogP contribution is 2.54. The van der Waals surface area contributed by atoms with E-state index < -0.39 is 0 Å². The van der Waals surface area contributed by atoms with E-state index in [0.717, 1.165) is 5.56 Å². The molecule has 0 aliphatic heterocycles. The summed E-state index contributed by atoms with van der Waals surface area (Å²) in [4.78, 5) is 0. The molecule has 2 aliphatic carbocycles. The van der Waals surface area contributed by atoms with E-state index in [0.29, 0.717) is 5.41 Å². The number of nitriles is 1. The SMILES string of the molecule is N#Cc1ccc2c(c1)CCC1(CC1)C2. The third kappa shape index (κ3) is 1.14. The molecule has 1 saturated carbocycles. The van der Waals surface area contributed by atoms with Gasteiger partial charge in [-0.15, -0.1) is 0 Å². The lowest BCUT2D eigenvalue weighted by atomic mass is 9.81.